The van der Waals surface area contributed by atoms with E-state index in [0.717, 1.165) is 27.9 Å². The first kappa shape index (κ1) is 14.7. The van der Waals surface area contributed by atoms with Crippen LogP contribution in [-0.2, 0) is 0 Å². The molecule has 3 N–H and O–H groups in total. The Morgan fingerprint density at radius 1 is 1.35 bits per heavy atom. The molecule has 0 fully saturated rings. The first-order chi connectivity index (χ1) is 9.41. The Morgan fingerprint density at radius 3 is 2.70 bits per heavy atom. The normalized spacial score (nSPS) is 11.2. The van der Waals surface area contributed by atoms with Gasteiger partial charge >= 0.3 is 0 Å². The number of hydrogen-bond acceptors (Lipinski definition) is 5. The molecule has 2 rings (SSSR count). The number of aromatic nitrogens is 2. The number of hydrogen-bond donors (Lipinski definition) is 2. The Bertz CT molecular complexity index is 648. The monoisotopic (exact) mass is 292 g/mol. The molecule has 0 saturated heterocycles. The lowest BCUT2D eigenvalue weighted by Gasteiger charge is -2.06. The van der Waals surface area contributed by atoms with Gasteiger partial charge in [0.2, 0.25) is 0 Å². The zero-order chi connectivity index (χ0) is 14.9. The lowest BCUT2D eigenvalue weighted by Crippen LogP contribution is -2.25. The number of nitrogens with zero attached hydrogens (tertiary/aromatic N) is 2. The third-order valence-electron chi connectivity index (χ3n) is 3.35. The van der Waals surface area contributed by atoms with Gasteiger partial charge in [-0.15, -0.1) is 16.4 Å². The van der Waals surface area contributed by atoms with E-state index in [-0.39, 0.29) is 5.91 Å². The molecule has 5 nitrogen and oxygen atoms in total. The highest BCUT2D eigenvalue weighted by Gasteiger charge is 2.19. The van der Waals surface area contributed by atoms with Crippen LogP contribution in [0.1, 0.15) is 41.2 Å². The van der Waals surface area contributed by atoms with E-state index in [2.05, 4.69) is 29.4 Å². The molecule has 0 spiro atoms. The Balaban J connectivity index is 2.29. The first-order valence-electron chi connectivity index (χ1n) is 6.71. The van der Waals surface area contributed by atoms with Crippen molar-refractivity contribution < 1.29 is 4.79 Å². The van der Waals surface area contributed by atoms with Crippen LogP contribution >= 0.6 is 11.3 Å². The molecule has 2 heterocycles. The Labute approximate surface area is 122 Å². The molecule has 108 valence electrons. The van der Waals surface area contributed by atoms with Crippen molar-refractivity contribution in [2.24, 2.45) is 5.92 Å². The maximum absolute atomic E-state index is 12.2. The SMILES string of the molecule is Cc1nnc2sc(C(=O)NCCC(C)C)c(N)c2c1C. The van der Waals surface area contributed by atoms with E-state index < -0.39 is 0 Å². The number of nitrogens with one attached hydrogen (secondary N) is 1. The summed E-state index contributed by atoms with van der Waals surface area (Å²) in [7, 11) is 0. The van der Waals surface area contributed by atoms with Crippen LogP contribution in [0, 0.1) is 19.8 Å². The van der Waals surface area contributed by atoms with E-state index in [9.17, 15) is 4.79 Å². The summed E-state index contributed by atoms with van der Waals surface area (Å²) in [6.45, 7) is 8.76. The van der Waals surface area contributed by atoms with Crippen molar-refractivity contribution >= 4 is 33.1 Å². The van der Waals surface area contributed by atoms with E-state index in [1.165, 1.54) is 11.3 Å². The second kappa shape index (κ2) is 5.75. The fourth-order valence-corrected chi connectivity index (χ4v) is 2.98. The number of fused-ring (bicyclic) bond motifs is 1. The molecule has 0 aromatic carbocycles. The second-order valence-electron chi connectivity index (χ2n) is 5.37. The van der Waals surface area contributed by atoms with Gasteiger partial charge in [-0.05, 0) is 31.7 Å². The highest BCUT2D eigenvalue weighted by molar-refractivity contribution is 7.21. The predicted octanol–water partition coefficient (Wildman–Crippen LogP) is 2.67. The van der Waals surface area contributed by atoms with E-state index in [0.29, 0.717) is 23.0 Å². The molecule has 1 amide bonds. The minimum absolute atomic E-state index is 0.122. The summed E-state index contributed by atoms with van der Waals surface area (Å²) in [5, 5.41) is 12.0. The van der Waals surface area contributed by atoms with E-state index >= 15 is 0 Å². The lowest BCUT2D eigenvalue weighted by molar-refractivity contribution is 0.0957. The van der Waals surface area contributed by atoms with Gasteiger partial charge in [-0.25, -0.2) is 0 Å². The average Bonchev–Trinajstić information content (AvgIpc) is 2.71. The Hall–Kier alpha value is -1.69. The van der Waals surface area contributed by atoms with Crippen LogP contribution in [0.2, 0.25) is 0 Å². The van der Waals surface area contributed by atoms with Gasteiger partial charge in [0.25, 0.3) is 5.91 Å². The summed E-state index contributed by atoms with van der Waals surface area (Å²) >= 11 is 1.30. The molecule has 0 saturated carbocycles. The van der Waals surface area contributed by atoms with Crippen LogP contribution in [0.3, 0.4) is 0 Å². The summed E-state index contributed by atoms with van der Waals surface area (Å²) in [6.07, 6.45) is 0.953. The molecule has 2 aromatic rings. The third-order valence-corrected chi connectivity index (χ3v) is 4.44. The molecule has 0 aliphatic carbocycles. The van der Waals surface area contributed by atoms with Crippen LogP contribution in [0.25, 0.3) is 10.2 Å². The Kier molecular flexibility index (Phi) is 4.23. The molecule has 0 unspecified atom stereocenters. The number of aryl methyl sites for hydroxylation is 2. The highest BCUT2D eigenvalue weighted by Crippen LogP contribution is 2.34. The smallest absolute Gasteiger partial charge is 0.263 e. The van der Waals surface area contributed by atoms with Crippen molar-refractivity contribution in [3.8, 4) is 0 Å². The quantitative estimate of drug-likeness (QED) is 0.907. The number of nitrogen functional groups attached to an aromatic ring is 1. The largest absolute Gasteiger partial charge is 0.397 e. The van der Waals surface area contributed by atoms with Gasteiger partial charge < -0.3 is 11.1 Å². The molecule has 0 aliphatic rings. The van der Waals surface area contributed by atoms with Crippen molar-refractivity contribution in [2.75, 3.05) is 12.3 Å². The van der Waals surface area contributed by atoms with Gasteiger partial charge in [0.05, 0.1) is 11.4 Å². The van der Waals surface area contributed by atoms with Crippen LogP contribution in [0.4, 0.5) is 5.69 Å². The highest BCUT2D eigenvalue weighted by atomic mass is 32.1. The second-order valence-corrected chi connectivity index (χ2v) is 6.37. The Morgan fingerprint density at radius 2 is 2.05 bits per heavy atom. The molecule has 0 bridgehead atoms. The number of rotatable bonds is 4. The van der Waals surface area contributed by atoms with E-state index in [1.54, 1.807) is 0 Å². The van der Waals surface area contributed by atoms with Gasteiger partial charge in [0, 0.05) is 11.9 Å². The fourth-order valence-electron chi connectivity index (χ4n) is 1.96. The minimum Gasteiger partial charge on any atom is -0.397 e. The van der Waals surface area contributed by atoms with E-state index in [1.807, 2.05) is 13.8 Å². The minimum atomic E-state index is -0.122. The number of nitrogens with two attached hydrogens (primary N) is 1. The molecule has 20 heavy (non-hydrogen) atoms. The molecule has 0 atom stereocenters. The zero-order valence-corrected chi connectivity index (χ0v) is 13.1. The molecule has 6 heteroatoms. The molecule has 0 aliphatic heterocycles. The van der Waals surface area contributed by atoms with Gasteiger partial charge in [0.15, 0.2) is 0 Å². The van der Waals surface area contributed by atoms with Gasteiger partial charge in [-0.1, -0.05) is 13.8 Å². The molecule has 2 aromatic heterocycles. The lowest BCUT2D eigenvalue weighted by atomic mass is 10.1. The van der Waals surface area contributed by atoms with Crippen molar-refractivity contribution in [1.82, 2.24) is 15.5 Å². The van der Waals surface area contributed by atoms with E-state index in [4.69, 9.17) is 5.73 Å². The molecule has 0 radical (unpaired) electrons. The average molecular weight is 292 g/mol. The van der Waals surface area contributed by atoms with Crippen LogP contribution in [0.5, 0.6) is 0 Å². The number of anilines is 1. The topological polar surface area (TPSA) is 80.9 Å². The first-order valence-corrected chi connectivity index (χ1v) is 7.53. The van der Waals surface area contributed by atoms with Gasteiger partial charge in [0.1, 0.15) is 9.71 Å². The number of carbonyl (C=O) groups excluding carboxylic acids is 1. The van der Waals surface area contributed by atoms with Crippen molar-refractivity contribution in [3.63, 3.8) is 0 Å². The third kappa shape index (κ3) is 2.75. The van der Waals surface area contributed by atoms with Crippen molar-refractivity contribution in [3.05, 3.63) is 16.1 Å². The maximum Gasteiger partial charge on any atom is 0.263 e. The van der Waals surface area contributed by atoms with Crippen LogP contribution in [0.15, 0.2) is 0 Å². The number of amides is 1. The maximum atomic E-state index is 12.2. The van der Waals surface area contributed by atoms with Crippen molar-refractivity contribution in [1.29, 1.82) is 0 Å². The predicted molar refractivity (Wildman–Crippen MR) is 83.1 cm³/mol. The van der Waals surface area contributed by atoms with Crippen LogP contribution < -0.4 is 11.1 Å². The number of carbonyl (C=O) groups is 1. The van der Waals surface area contributed by atoms with Gasteiger partial charge in [-0.2, -0.15) is 5.10 Å². The fraction of sp³-hybridized carbons (Fsp3) is 0.500. The molecular formula is C14H20N4OS. The molecular weight excluding hydrogens is 272 g/mol. The van der Waals surface area contributed by atoms with Crippen molar-refractivity contribution in [2.45, 2.75) is 34.1 Å². The summed E-state index contributed by atoms with van der Waals surface area (Å²) in [5.74, 6) is 0.439. The standard InChI is InChI=1S/C14H20N4OS/c1-7(2)5-6-16-13(19)12-11(15)10-8(3)9(4)17-18-14(10)20-12/h7H,5-6,15H2,1-4H3,(H,16,19). The van der Waals surface area contributed by atoms with Crippen LogP contribution in [-0.4, -0.2) is 22.6 Å². The summed E-state index contributed by atoms with van der Waals surface area (Å²) in [5.41, 5.74) is 8.47. The zero-order valence-electron chi connectivity index (χ0n) is 12.3. The summed E-state index contributed by atoms with van der Waals surface area (Å²) in [6, 6.07) is 0. The number of thiophene rings is 1. The summed E-state index contributed by atoms with van der Waals surface area (Å²) in [4.78, 5) is 13.4. The summed E-state index contributed by atoms with van der Waals surface area (Å²) < 4.78 is 0. The van der Waals surface area contributed by atoms with Gasteiger partial charge in [-0.3, -0.25) is 4.79 Å².